The van der Waals surface area contributed by atoms with Gasteiger partial charge in [-0.05, 0) is 30.0 Å². The molecule has 0 atom stereocenters. The van der Waals surface area contributed by atoms with Gasteiger partial charge in [0.15, 0.2) is 10.1 Å². The van der Waals surface area contributed by atoms with Crippen molar-refractivity contribution in [2.45, 2.75) is 24.7 Å². The quantitative estimate of drug-likeness (QED) is 0.220. The van der Waals surface area contributed by atoms with Crippen molar-refractivity contribution in [2.24, 2.45) is 0 Å². The molecule has 4 aromatic heterocycles. The third kappa shape index (κ3) is 8.74. The second kappa shape index (κ2) is 17.3. The van der Waals surface area contributed by atoms with Gasteiger partial charge in [0, 0.05) is 90.4 Å². The zero-order chi connectivity index (χ0) is 21.1. The van der Waals surface area contributed by atoms with Crippen molar-refractivity contribution in [2.75, 3.05) is 0 Å². The summed E-state index contributed by atoms with van der Waals surface area (Å²) >= 11 is 0. The molecule has 0 aliphatic heterocycles. The van der Waals surface area contributed by atoms with E-state index in [2.05, 4.69) is 20.4 Å². The number of hydrogen-bond acceptors (Lipinski definition) is 8. The molecule has 208 valence electrons. The van der Waals surface area contributed by atoms with Gasteiger partial charge in [-0.2, -0.15) is 20.4 Å². The molecular formula is C16H18N8O9Re2S-12. The van der Waals surface area contributed by atoms with Gasteiger partial charge in [0.25, 0.3) is 0 Å². The molecule has 4 rings (SSSR count). The Balaban J connectivity index is -0.000000177. The second-order valence-electron chi connectivity index (χ2n) is 6.28. The topological polar surface area (TPSA) is 294 Å². The van der Waals surface area contributed by atoms with Crippen molar-refractivity contribution < 1.29 is 86.3 Å². The molecule has 0 aliphatic carbocycles. The fourth-order valence-corrected chi connectivity index (χ4v) is 3.58. The smallest absolute Gasteiger partial charge is 0.343 e. The normalized spacial score (nSPS) is 10.0. The zero-order valence-electron chi connectivity index (χ0n) is 18.3. The van der Waals surface area contributed by atoms with Crippen LogP contribution < -0.4 is 5.11 Å². The van der Waals surface area contributed by atoms with Gasteiger partial charge >= 0.3 is 5.12 Å². The van der Waals surface area contributed by atoms with Gasteiger partial charge < -0.3 is 37.0 Å². The Kier molecular flexibility index (Phi) is 21.1. The molecule has 0 saturated carbocycles. The number of nitrogens with zero attached hydrogens (tertiary/aromatic N) is 8. The second-order valence-corrected chi connectivity index (χ2v) is 7.73. The Morgan fingerprint density at radius 1 is 0.611 bits per heavy atom. The van der Waals surface area contributed by atoms with E-state index in [1.807, 2.05) is 0 Å². The number of rotatable bonds is 5. The molecule has 0 aliphatic rings. The zero-order valence-corrected chi connectivity index (χ0v) is 24.6. The van der Waals surface area contributed by atoms with Gasteiger partial charge in [-0.25, -0.2) is 22.5 Å². The van der Waals surface area contributed by atoms with Crippen LogP contribution in [0.15, 0.2) is 73.8 Å². The monoisotopic (exact) mass is 872 g/mol. The molecule has 0 fully saturated rings. The molecule has 20 heteroatoms. The summed E-state index contributed by atoms with van der Waals surface area (Å²) in [7, 11) is -4.94. The summed E-state index contributed by atoms with van der Waals surface area (Å²) in [6.45, 7) is 3.14. The van der Waals surface area contributed by atoms with E-state index >= 15 is 0 Å². The standard InChI is InChI=1S/C10H10N6O3S.C6H9N2O.5O.2Re/c17-20(18,19)10(14-7-1-4-11-14,15-8-2-5-12-15)16-9-3-6-13-16;1-6(2,9)8-5-3-4-7-8;;;;;;;/h1-9H,(H,17,18,19);3-5H,1-2H3;;;;;;;/q;-1;5*-2;;/p-1. The van der Waals surface area contributed by atoms with Gasteiger partial charge in [0.2, 0.25) is 0 Å². The maximum absolute atomic E-state index is 12.0. The van der Waals surface area contributed by atoms with Crippen LogP contribution in [0, 0.1) is 0 Å². The van der Waals surface area contributed by atoms with Crippen LogP contribution in [0.2, 0.25) is 0 Å². The molecule has 4 heterocycles. The van der Waals surface area contributed by atoms with E-state index in [1.54, 1.807) is 32.3 Å². The van der Waals surface area contributed by atoms with Crippen LogP contribution in [-0.2, 0) is 89.2 Å². The van der Waals surface area contributed by atoms with Crippen molar-refractivity contribution in [1.29, 1.82) is 0 Å². The van der Waals surface area contributed by atoms with Crippen LogP contribution in [0.4, 0.5) is 0 Å². The Labute approximate surface area is 233 Å². The molecule has 0 unspecified atom stereocenters. The first-order chi connectivity index (χ1) is 13.7. The first-order valence-electron chi connectivity index (χ1n) is 8.33. The molecule has 36 heavy (non-hydrogen) atoms. The summed E-state index contributed by atoms with van der Waals surface area (Å²) in [4.78, 5) is 0. The van der Waals surface area contributed by atoms with Crippen LogP contribution >= 0.6 is 0 Å². The average Bonchev–Trinajstić information content (AvgIpc) is 3.41. The van der Waals surface area contributed by atoms with Gasteiger partial charge in [0.1, 0.15) is 0 Å². The largest absolute Gasteiger partial charge is 2.00 e. The van der Waals surface area contributed by atoms with Crippen molar-refractivity contribution in [3.05, 3.63) is 73.8 Å². The summed E-state index contributed by atoms with van der Waals surface area (Å²) in [5.41, 5.74) is -1.12. The summed E-state index contributed by atoms with van der Waals surface area (Å²) in [6.07, 6.45) is 11.4. The van der Waals surface area contributed by atoms with Crippen LogP contribution in [0.25, 0.3) is 0 Å². The van der Waals surface area contributed by atoms with Crippen LogP contribution in [-0.4, -0.2) is 52.1 Å². The van der Waals surface area contributed by atoms with E-state index in [0.29, 0.717) is 0 Å². The Bertz CT molecular complexity index is 1040. The van der Waals surface area contributed by atoms with E-state index in [9.17, 15) is 18.1 Å². The molecule has 0 aromatic carbocycles. The van der Waals surface area contributed by atoms with E-state index in [0.717, 1.165) is 14.0 Å². The number of aromatic nitrogens is 8. The van der Waals surface area contributed by atoms with Crippen molar-refractivity contribution in [1.82, 2.24) is 39.1 Å². The number of hydrogen-bond donors (Lipinski definition) is 0. The van der Waals surface area contributed by atoms with Crippen LogP contribution in [0.3, 0.4) is 0 Å². The predicted molar refractivity (Wildman–Crippen MR) is 100 cm³/mol. The Hall–Kier alpha value is -2.17. The molecule has 0 saturated heterocycles. The average molecular weight is 871 g/mol. The van der Waals surface area contributed by atoms with Crippen LogP contribution in [0.1, 0.15) is 13.8 Å². The molecule has 0 amide bonds. The summed E-state index contributed by atoms with van der Waals surface area (Å²) in [6, 6.07) is 6.26. The Morgan fingerprint density at radius 2 is 0.861 bits per heavy atom. The van der Waals surface area contributed by atoms with Gasteiger partial charge in [-0.1, -0.05) is 13.8 Å². The minimum absolute atomic E-state index is 0. The summed E-state index contributed by atoms with van der Waals surface area (Å²) in [5.74, 6) is 0. The van der Waals surface area contributed by atoms with E-state index < -0.39 is 21.0 Å². The molecule has 0 N–H and O–H groups in total. The maximum atomic E-state index is 12.0. The summed E-state index contributed by atoms with van der Waals surface area (Å²) < 4.78 is 40.4. The maximum Gasteiger partial charge on any atom is 0.343 e. The van der Waals surface area contributed by atoms with E-state index in [1.165, 1.54) is 60.1 Å². The molecule has 0 spiro atoms. The van der Waals surface area contributed by atoms with Crippen molar-refractivity contribution in [3.63, 3.8) is 0 Å². The van der Waals surface area contributed by atoms with E-state index in [4.69, 9.17) is 0 Å². The first-order valence-corrected chi connectivity index (χ1v) is 9.74. The van der Waals surface area contributed by atoms with Crippen molar-refractivity contribution in [3.8, 4) is 0 Å². The SMILES string of the molecule is CC(C)([O-])n1cccn1.O=S(=O)([O-])C(n1cccn1)(n1cccn1)n1cccn1.[O-2].[O-2].[O-2].[O-2].[O-2].[Re].[Re]. The molecule has 2 radical (unpaired) electrons. The van der Waals surface area contributed by atoms with Gasteiger partial charge in [-0.3, -0.25) is 4.68 Å². The molecular weight excluding hydrogens is 853 g/mol. The van der Waals surface area contributed by atoms with Crippen molar-refractivity contribution >= 4 is 10.1 Å². The molecule has 17 nitrogen and oxygen atoms in total. The summed E-state index contributed by atoms with van der Waals surface area (Å²) in [5, 5.41) is 24.2. The fraction of sp³-hybridized carbons (Fsp3) is 0.250. The van der Waals surface area contributed by atoms with Gasteiger partial charge in [0.05, 0.1) is 0 Å². The Morgan fingerprint density at radius 3 is 1.00 bits per heavy atom. The third-order valence-electron chi connectivity index (χ3n) is 3.80. The minimum atomic E-state index is -4.94. The molecule has 0 bridgehead atoms. The third-order valence-corrected chi connectivity index (χ3v) is 5.03. The fourth-order valence-electron chi connectivity index (χ4n) is 2.57. The minimum Gasteiger partial charge on any atom is -2.00 e. The predicted octanol–water partition coefficient (Wildman–Crippen LogP) is -1.18. The van der Waals surface area contributed by atoms with Gasteiger partial charge in [-0.15, -0.1) is 0 Å². The first kappa shape index (κ1) is 43.9. The molecule has 4 aromatic rings. The van der Waals surface area contributed by atoms with E-state index in [-0.39, 0.29) is 68.2 Å². The van der Waals surface area contributed by atoms with Crippen LogP contribution in [0.5, 0.6) is 0 Å².